The molecule has 1 aromatic carbocycles. The average molecular weight is 404 g/mol. The Bertz CT molecular complexity index is 1100. The molecule has 30 heavy (non-hydrogen) atoms. The van der Waals surface area contributed by atoms with E-state index in [2.05, 4.69) is 69.5 Å². The number of aromatic nitrogens is 2. The first-order chi connectivity index (χ1) is 14.4. The number of aryl methyl sites for hydroxylation is 1. The second kappa shape index (κ2) is 8.79. The number of nitriles is 1. The van der Waals surface area contributed by atoms with E-state index in [0.717, 1.165) is 59.7 Å². The van der Waals surface area contributed by atoms with Crippen molar-refractivity contribution in [2.75, 3.05) is 36.0 Å². The van der Waals surface area contributed by atoms with Gasteiger partial charge < -0.3 is 14.4 Å². The fraction of sp³-hybridized carbons (Fsp3) is 0.440. The molecule has 0 fully saturated rings. The van der Waals surface area contributed by atoms with Gasteiger partial charge in [0.05, 0.1) is 5.69 Å². The standard InChI is InChI=1S/C25H33N5/c1-8-29(9-2)24-17(5)23(27-25(18(24)6)30(10-3)11-4)22-19-14-12-13-15-20(19)28(7)21(22)16-26/h12-15H,8-11H2,1-7H3. The van der Waals surface area contributed by atoms with Crippen molar-refractivity contribution in [1.29, 1.82) is 5.26 Å². The minimum atomic E-state index is 0.659. The highest BCUT2D eigenvalue weighted by molar-refractivity contribution is 6.00. The molecule has 0 radical (unpaired) electrons. The average Bonchev–Trinajstić information content (AvgIpc) is 3.05. The van der Waals surface area contributed by atoms with Gasteiger partial charge >= 0.3 is 0 Å². The number of benzene rings is 1. The summed E-state index contributed by atoms with van der Waals surface area (Å²) in [7, 11) is 1.96. The van der Waals surface area contributed by atoms with Gasteiger partial charge in [-0.1, -0.05) is 18.2 Å². The van der Waals surface area contributed by atoms with E-state index in [1.807, 2.05) is 23.7 Å². The summed E-state index contributed by atoms with van der Waals surface area (Å²) in [5.41, 5.74) is 7.16. The fourth-order valence-corrected chi connectivity index (χ4v) is 4.63. The number of para-hydroxylation sites is 1. The van der Waals surface area contributed by atoms with Crippen LogP contribution in [0.25, 0.3) is 22.2 Å². The third-order valence-electron chi connectivity index (χ3n) is 6.21. The Kier molecular flexibility index (Phi) is 6.36. The van der Waals surface area contributed by atoms with Gasteiger partial charge in [0.15, 0.2) is 0 Å². The maximum absolute atomic E-state index is 10.0. The maximum Gasteiger partial charge on any atom is 0.134 e. The molecular formula is C25H33N5. The van der Waals surface area contributed by atoms with Crippen LogP contribution in [0.4, 0.5) is 11.5 Å². The Morgan fingerprint density at radius 1 is 0.933 bits per heavy atom. The Balaban J connectivity index is 2.47. The second-order valence-corrected chi connectivity index (χ2v) is 7.64. The van der Waals surface area contributed by atoms with Crippen molar-refractivity contribution in [2.24, 2.45) is 7.05 Å². The molecule has 2 aromatic heterocycles. The number of hydrogen-bond acceptors (Lipinski definition) is 4. The van der Waals surface area contributed by atoms with Crippen molar-refractivity contribution in [3.05, 3.63) is 41.1 Å². The molecule has 0 aliphatic carbocycles. The Labute approximate surface area is 180 Å². The number of pyridine rings is 1. The van der Waals surface area contributed by atoms with E-state index >= 15 is 0 Å². The Morgan fingerprint density at radius 2 is 1.53 bits per heavy atom. The second-order valence-electron chi connectivity index (χ2n) is 7.64. The molecule has 0 bridgehead atoms. The first-order valence-electron chi connectivity index (χ1n) is 10.9. The number of fused-ring (bicyclic) bond motifs is 1. The molecule has 0 aliphatic heterocycles. The van der Waals surface area contributed by atoms with Crippen LogP contribution in [0.2, 0.25) is 0 Å². The van der Waals surface area contributed by atoms with Crippen molar-refractivity contribution in [3.63, 3.8) is 0 Å². The van der Waals surface area contributed by atoms with Crippen molar-refractivity contribution >= 4 is 22.4 Å². The number of rotatable bonds is 7. The van der Waals surface area contributed by atoms with E-state index in [9.17, 15) is 5.26 Å². The first-order valence-corrected chi connectivity index (χ1v) is 10.9. The molecule has 0 unspecified atom stereocenters. The zero-order chi connectivity index (χ0) is 22.0. The van der Waals surface area contributed by atoms with Gasteiger partial charge in [0, 0.05) is 60.9 Å². The molecule has 2 heterocycles. The lowest BCUT2D eigenvalue weighted by atomic mass is 9.98. The maximum atomic E-state index is 10.0. The van der Waals surface area contributed by atoms with E-state index in [-0.39, 0.29) is 0 Å². The minimum absolute atomic E-state index is 0.659. The molecule has 0 spiro atoms. The van der Waals surface area contributed by atoms with E-state index in [1.165, 1.54) is 11.3 Å². The molecule has 0 aliphatic rings. The van der Waals surface area contributed by atoms with Gasteiger partial charge in [-0.3, -0.25) is 0 Å². The van der Waals surface area contributed by atoms with Crippen molar-refractivity contribution in [1.82, 2.24) is 9.55 Å². The Morgan fingerprint density at radius 3 is 2.10 bits per heavy atom. The van der Waals surface area contributed by atoms with Crippen LogP contribution in [0.5, 0.6) is 0 Å². The lowest BCUT2D eigenvalue weighted by Crippen LogP contribution is -2.28. The fourth-order valence-electron chi connectivity index (χ4n) is 4.63. The third kappa shape index (κ3) is 3.31. The van der Waals surface area contributed by atoms with Crippen molar-refractivity contribution < 1.29 is 0 Å². The van der Waals surface area contributed by atoms with Gasteiger partial charge in [-0.15, -0.1) is 0 Å². The number of anilines is 2. The summed E-state index contributed by atoms with van der Waals surface area (Å²) in [6, 6.07) is 10.7. The molecule has 5 heteroatoms. The van der Waals surface area contributed by atoms with Crippen LogP contribution >= 0.6 is 0 Å². The van der Waals surface area contributed by atoms with Gasteiger partial charge in [0.25, 0.3) is 0 Å². The third-order valence-corrected chi connectivity index (χ3v) is 6.21. The summed E-state index contributed by atoms with van der Waals surface area (Å²) < 4.78 is 1.99. The van der Waals surface area contributed by atoms with Crippen LogP contribution in [0.3, 0.4) is 0 Å². The smallest absolute Gasteiger partial charge is 0.134 e. The predicted octanol–water partition coefficient (Wildman–Crippen LogP) is 5.42. The Hall–Kier alpha value is -3.00. The largest absolute Gasteiger partial charge is 0.371 e. The molecule has 3 rings (SSSR count). The van der Waals surface area contributed by atoms with E-state index in [1.54, 1.807) is 0 Å². The highest BCUT2D eigenvalue weighted by Gasteiger charge is 2.25. The quantitative estimate of drug-likeness (QED) is 0.528. The number of nitrogens with zero attached hydrogens (tertiary/aromatic N) is 5. The molecule has 0 N–H and O–H groups in total. The lowest BCUT2D eigenvalue weighted by Gasteiger charge is -2.31. The zero-order valence-electron chi connectivity index (χ0n) is 19.4. The molecule has 158 valence electrons. The van der Waals surface area contributed by atoms with Crippen LogP contribution < -0.4 is 9.80 Å². The molecule has 3 aromatic rings. The van der Waals surface area contributed by atoms with Gasteiger partial charge in [0.1, 0.15) is 17.6 Å². The summed E-state index contributed by atoms with van der Waals surface area (Å²) in [6.07, 6.45) is 0. The number of hydrogen-bond donors (Lipinski definition) is 0. The van der Waals surface area contributed by atoms with Gasteiger partial charge in [-0.25, -0.2) is 4.98 Å². The molecule has 0 saturated carbocycles. The lowest BCUT2D eigenvalue weighted by molar-refractivity contribution is 0.824. The normalized spacial score (nSPS) is 11.0. The van der Waals surface area contributed by atoms with Gasteiger partial charge in [0.2, 0.25) is 0 Å². The van der Waals surface area contributed by atoms with Crippen LogP contribution in [0, 0.1) is 25.2 Å². The SMILES string of the molecule is CCN(CC)c1nc(-c2c(C#N)n(C)c3ccccc23)c(C)c(N(CC)CC)c1C. The van der Waals surface area contributed by atoms with Crippen molar-refractivity contribution in [2.45, 2.75) is 41.5 Å². The van der Waals surface area contributed by atoms with Crippen molar-refractivity contribution in [3.8, 4) is 17.3 Å². The van der Waals surface area contributed by atoms with E-state index in [0.29, 0.717) is 5.69 Å². The van der Waals surface area contributed by atoms with Crippen LogP contribution in [0.1, 0.15) is 44.5 Å². The molecule has 0 saturated heterocycles. The predicted molar refractivity (Wildman–Crippen MR) is 127 cm³/mol. The topological polar surface area (TPSA) is 48.1 Å². The summed E-state index contributed by atoms with van der Waals surface area (Å²) in [4.78, 5) is 9.91. The van der Waals surface area contributed by atoms with E-state index in [4.69, 9.17) is 4.98 Å². The van der Waals surface area contributed by atoms with E-state index < -0.39 is 0 Å². The first kappa shape index (κ1) is 21.7. The summed E-state index contributed by atoms with van der Waals surface area (Å²) in [5, 5.41) is 11.1. The summed E-state index contributed by atoms with van der Waals surface area (Å²) in [5.74, 6) is 1.01. The highest BCUT2D eigenvalue weighted by Crippen LogP contribution is 2.41. The molecule has 0 amide bonds. The minimum Gasteiger partial charge on any atom is -0.371 e. The molecule has 0 atom stereocenters. The van der Waals surface area contributed by atoms with Gasteiger partial charge in [-0.2, -0.15) is 5.26 Å². The summed E-state index contributed by atoms with van der Waals surface area (Å²) in [6.45, 7) is 16.7. The molecular weight excluding hydrogens is 370 g/mol. The van der Waals surface area contributed by atoms with Crippen LogP contribution in [0.15, 0.2) is 24.3 Å². The zero-order valence-corrected chi connectivity index (χ0v) is 19.4. The monoisotopic (exact) mass is 403 g/mol. The highest BCUT2D eigenvalue weighted by atomic mass is 15.2. The van der Waals surface area contributed by atoms with Gasteiger partial charge in [-0.05, 0) is 53.2 Å². The molecule has 5 nitrogen and oxygen atoms in total. The summed E-state index contributed by atoms with van der Waals surface area (Å²) >= 11 is 0. The van der Waals surface area contributed by atoms with Crippen LogP contribution in [-0.4, -0.2) is 35.7 Å². The van der Waals surface area contributed by atoms with Crippen LogP contribution in [-0.2, 0) is 7.05 Å².